The van der Waals surface area contributed by atoms with Crippen molar-refractivity contribution in [2.45, 2.75) is 160 Å². The van der Waals surface area contributed by atoms with Gasteiger partial charge in [-0.05, 0) is 101 Å². The molecule has 2 bridgehead atoms. The third-order valence-corrected chi connectivity index (χ3v) is 13.5. The molecule has 1 aliphatic carbocycles. The van der Waals surface area contributed by atoms with Gasteiger partial charge in [-0.3, -0.25) is 18.9 Å². The van der Waals surface area contributed by atoms with Gasteiger partial charge in [0, 0.05) is 46.1 Å². The lowest BCUT2D eigenvalue weighted by Gasteiger charge is -2.43. The van der Waals surface area contributed by atoms with Crippen LogP contribution < -0.4 is 0 Å². The lowest BCUT2D eigenvalue weighted by atomic mass is 9.81. The standard InChI is InChI=1S/C44H70NO14P/c1-10-13-31-19-25(2)18-26(3)20-37(55-8)42-38(56-9)22-28(5)41(57-42)39(48)43(49)45-17-12-11-14-32(45)44(50)58-40(29(6)33(46)24-34(31)47)27(4)21-30-15-16-35(36(23-30)54-7)59-60(51,52)53/h10,19,21,26,28-33,35-38,40-42,46H,1,11-18,20,22-24H2,2-9H3,(H2,51,52,53)/b25-19+,27-21+/t26-,28+,29+,30-,31+,32-,33-,35+,36+,37-,38-,40+,41?,42+/m0/s1. The second-order valence-corrected chi connectivity index (χ2v) is 18.9. The molecule has 2 saturated heterocycles. The Balaban J connectivity index is 1.74. The maximum atomic E-state index is 14.4. The van der Waals surface area contributed by atoms with E-state index in [-0.39, 0.29) is 42.9 Å². The minimum Gasteiger partial charge on any atom is -0.456 e. The van der Waals surface area contributed by atoms with Crippen LogP contribution in [-0.4, -0.2) is 126 Å². The largest absolute Gasteiger partial charge is 0.469 e. The summed E-state index contributed by atoms with van der Waals surface area (Å²) in [5.74, 6) is -4.30. The predicted octanol–water partition coefficient (Wildman–Crippen LogP) is 5.44. The number of amides is 1. The van der Waals surface area contributed by atoms with Crippen molar-refractivity contribution >= 4 is 31.3 Å². The fourth-order valence-electron chi connectivity index (χ4n) is 9.71. The Bertz CT molecular complexity index is 1610. The SMILES string of the molecule is C=CC[C@@H]1/C=C(\C)C[C@H](C)C[C@H](OC)[C@H]2OC(C(=O)C(=O)N3CCCC[C@H]3C(=O)O[C@H](/C(C)=C/[C@@H]3CC[C@@H](OP(=O)(O)O)[C@H](OC)C3)[C@H](C)[C@@H](O)CC1=O)[C@H](C)C[C@@H]2OC. The molecule has 3 fully saturated rings. The van der Waals surface area contributed by atoms with E-state index in [1.54, 1.807) is 34.1 Å². The number of cyclic esters (lactones) is 1. The number of fused-ring (bicyclic) bond motifs is 3. The van der Waals surface area contributed by atoms with Crippen molar-refractivity contribution in [3.05, 3.63) is 36.0 Å². The van der Waals surface area contributed by atoms with Crippen LogP contribution in [0, 0.1) is 29.6 Å². The van der Waals surface area contributed by atoms with Crippen molar-refractivity contribution in [1.29, 1.82) is 0 Å². The molecule has 1 saturated carbocycles. The minimum absolute atomic E-state index is 0.0715. The first kappa shape index (κ1) is 50.1. The van der Waals surface area contributed by atoms with Crippen LogP contribution in [0.4, 0.5) is 0 Å². The molecule has 14 atom stereocenters. The number of piperidine rings is 1. The van der Waals surface area contributed by atoms with Crippen molar-refractivity contribution in [3.63, 3.8) is 0 Å². The summed E-state index contributed by atoms with van der Waals surface area (Å²) in [7, 11) is -0.144. The van der Waals surface area contributed by atoms with Gasteiger partial charge in [0.1, 0.15) is 30.1 Å². The lowest BCUT2D eigenvalue weighted by molar-refractivity contribution is -0.199. The molecular weight excluding hydrogens is 797 g/mol. The first-order valence-electron chi connectivity index (χ1n) is 21.5. The topological polar surface area (TPSA) is 205 Å². The quantitative estimate of drug-likeness (QED) is 0.114. The molecule has 4 aliphatic rings. The number of carbonyl (C=O) groups is 4. The maximum absolute atomic E-state index is 14.4. The number of hydrogen-bond acceptors (Lipinski definition) is 12. The number of rotatable bonds is 9. The molecule has 3 aliphatic heterocycles. The zero-order valence-electron chi connectivity index (χ0n) is 36.7. The molecule has 1 amide bonds. The first-order valence-corrected chi connectivity index (χ1v) is 23.1. The van der Waals surface area contributed by atoms with Gasteiger partial charge < -0.3 is 43.5 Å². The van der Waals surface area contributed by atoms with Crippen molar-refractivity contribution in [2.75, 3.05) is 27.9 Å². The van der Waals surface area contributed by atoms with Gasteiger partial charge >= 0.3 is 13.8 Å². The van der Waals surface area contributed by atoms with E-state index in [4.69, 9.17) is 28.2 Å². The van der Waals surface area contributed by atoms with Crippen molar-refractivity contribution < 1.29 is 66.8 Å². The van der Waals surface area contributed by atoms with E-state index in [2.05, 4.69) is 13.5 Å². The van der Waals surface area contributed by atoms with Gasteiger partial charge in [0.05, 0.1) is 30.5 Å². The van der Waals surface area contributed by atoms with Gasteiger partial charge in [-0.2, -0.15) is 0 Å². The molecule has 0 radical (unpaired) electrons. The predicted molar refractivity (Wildman–Crippen MR) is 222 cm³/mol. The molecule has 16 heteroatoms. The highest BCUT2D eigenvalue weighted by Crippen LogP contribution is 2.43. The van der Waals surface area contributed by atoms with Gasteiger partial charge in [0.2, 0.25) is 5.78 Å². The number of aliphatic hydroxyl groups is 1. The summed E-state index contributed by atoms with van der Waals surface area (Å²) >= 11 is 0. The summed E-state index contributed by atoms with van der Waals surface area (Å²) in [4.78, 5) is 76.9. The lowest BCUT2D eigenvalue weighted by Crippen LogP contribution is -2.58. The van der Waals surface area contributed by atoms with Crippen molar-refractivity contribution in [1.82, 2.24) is 4.90 Å². The Morgan fingerprint density at radius 1 is 0.933 bits per heavy atom. The maximum Gasteiger partial charge on any atom is 0.469 e. The number of esters is 1. The number of phosphoric ester groups is 1. The van der Waals surface area contributed by atoms with Gasteiger partial charge in [0.15, 0.2) is 0 Å². The Morgan fingerprint density at radius 2 is 1.60 bits per heavy atom. The Labute approximate surface area is 355 Å². The van der Waals surface area contributed by atoms with E-state index in [0.717, 1.165) is 5.57 Å². The van der Waals surface area contributed by atoms with Crippen LogP contribution in [0.2, 0.25) is 0 Å². The van der Waals surface area contributed by atoms with Gasteiger partial charge in [-0.25, -0.2) is 9.36 Å². The summed E-state index contributed by atoms with van der Waals surface area (Å²) in [6, 6.07) is -1.08. The first-order chi connectivity index (χ1) is 28.3. The number of ketones is 2. The molecule has 0 spiro atoms. The molecule has 4 rings (SSSR count). The second kappa shape index (κ2) is 22.7. The van der Waals surface area contributed by atoms with E-state index < -0.39 is 92.2 Å². The van der Waals surface area contributed by atoms with Crippen LogP contribution in [0.25, 0.3) is 0 Å². The molecule has 3 heterocycles. The van der Waals surface area contributed by atoms with Crippen molar-refractivity contribution in [2.24, 2.45) is 29.6 Å². The van der Waals surface area contributed by atoms with Crippen LogP contribution in [0.5, 0.6) is 0 Å². The summed E-state index contributed by atoms with van der Waals surface area (Å²) in [5.41, 5.74) is 1.56. The Morgan fingerprint density at radius 3 is 2.23 bits per heavy atom. The summed E-state index contributed by atoms with van der Waals surface area (Å²) in [5, 5.41) is 11.7. The van der Waals surface area contributed by atoms with Crippen molar-refractivity contribution in [3.8, 4) is 0 Å². The fraction of sp³-hybridized carbons (Fsp3) is 0.773. The molecule has 340 valence electrons. The average molecular weight is 868 g/mol. The molecule has 0 aromatic carbocycles. The van der Waals surface area contributed by atoms with E-state index >= 15 is 0 Å². The monoisotopic (exact) mass is 867 g/mol. The smallest absolute Gasteiger partial charge is 0.456 e. The van der Waals surface area contributed by atoms with E-state index in [9.17, 15) is 38.6 Å². The van der Waals surface area contributed by atoms with Crippen LogP contribution in [0.1, 0.15) is 105 Å². The number of Topliss-reactive ketones (excluding diaryl/α,β-unsaturated/α-hetero) is 2. The number of aliphatic hydroxyl groups excluding tert-OH is 1. The minimum atomic E-state index is -4.76. The number of ether oxygens (including phenoxy) is 5. The molecule has 3 N–H and O–H groups in total. The zero-order valence-corrected chi connectivity index (χ0v) is 37.6. The third kappa shape index (κ3) is 13.2. The molecule has 1 unspecified atom stereocenters. The highest BCUT2D eigenvalue weighted by atomic mass is 31.2. The highest BCUT2D eigenvalue weighted by molar-refractivity contribution is 7.46. The second-order valence-electron chi connectivity index (χ2n) is 17.7. The number of carbonyl (C=O) groups excluding carboxylic acids is 4. The third-order valence-electron chi connectivity index (χ3n) is 12.9. The van der Waals surface area contributed by atoms with Crippen LogP contribution >= 0.6 is 7.82 Å². The normalized spacial score (nSPS) is 38.5. The fourth-order valence-corrected chi connectivity index (χ4v) is 10.3. The summed E-state index contributed by atoms with van der Waals surface area (Å²) in [6.45, 7) is 13.4. The molecule has 0 aromatic rings. The van der Waals surface area contributed by atoms with Gasteiger partial charge in [-0.1, -0.05) is 44.6 Å². The Kier molecular flexibility index (Phi) is 18.9. The summed E-state index contributed by atoms with van der Waals surface area (Å²) in [6.07, 6.45) is 3.56. The molecular formula is C44H70NO14P. The van der Waals surface area contributed by atoms with Gasteiger partial charge in [0.25, 0.3) is 5.91 Å². The van der Waals surface area contributed by atoms with Crippen LogP contribution in [0.3, 0.4) is 0 Å². The molecule has 15 nitrogen and oxygen atoms in total. The number of hydrogen-bond donors (Lipinski definition) is 3. The van der Waals surface area contributed by atoms with Gasteiger partial charge in [-0.15, -0.1) is 6.58 Å². The van der Waals surface area contributed by atoms with Crippen LogP contribution in [-0.2, 0) is 52.0 Å². The summed E-state index contributed by atoms with van der Waals surface area (Å²) < 4.78 is 46.8. The Hall–Kier alpha value is -2.59. The number of allylic oxidation sites excluding steroid dienone is 4. The number of phosphoric acid groups is 1. The molecule has 0 aromatic heterocycles. The van der Waals surface area contributed by atoms with E-state index in [0.29, 0.717) is 63.4 Å². The average Bonchev–Trinajstić information content (AvgIpc) is 3.20. The number of nitrogens with zero attached hydrogens (tertiary/aromatic N) is 1. The van der Waals surface area contributed by atoms with Crippen LogP contribution in [0.15, 0.2) is 36.0 Å². The van der Waals surface area contributed by atoms with E-state index in [1.807, 2.05) is 26.0 Å². The van der Waals surface area contributed by atoms with E-state index in [1.165, 1.54) is 12.0 Å². The number of methoxy groups -OCH3 is 3. The zero-order chi connectivity index (χ0) is 44.5. The molecule has 60 heavy (non-hydrogen) atoms. The highest BCUT2D eigenvalue weighted by Gasteiger charge is 2.48.